The minimum absolute atomic E-state index is 0.0167. The Morgan fingerprint density at radius 3 is 2.70 bits per heavy atom. The molecule has 0 aliphatic rings. The van der Waals surface area contributed by atoms with Crippen LogP contribution in [0.5, 0.6) is 0 Å². The molecule has 1 N–H and O–H groups in total. The molecule has 0 unspecified atom stereocenters. The lowest BCUT2D eigenvalue weighted by atomic mass is 10.2. The minimum atomic E-state index is -0.0167. The average molecular weight is 444 g/mol. The Bertz CT molecular complexity index is 1010. The Kier molecular flexibility index (Phi) is 8.16. The Balaban J connectivity index is 1.64. The van der Waals surface area contributed by atoms with Crippen LogP contribution in [-0.2, 0) is 24.3 Å². The number of carbonyl (C=O) groups is 1. The van der Waals surface area contributed by atoms with Gasteiger partial charge >= 0.3 is 0 Å². The molecule has 158 valence electrons. The minimum Gasteiger partial charge on any atom is -0.356 e. The monoisotopic (exact) mass is 443 g/mol. The Labute approximate surface area is 186 Å². The van der Waals surface area contributed by atoms with Crippen LogP contribution in [0.15, 0.2) is 48.8 Å². The molecule has 2 heterocycles. The maximum absolute atomic E-state index is 12.3. The second-order valence-corrected chi connectivity index (χ2v) is 7.85. The maximum atomic E-state index is 12.3. The molecule has 3 rings (SSSR count). The highest BCUT2D eigenvalue weighted by atomic mass is 35.5. The van der Waals surface area contributed by atoms with Gasteiger partial charge in [0.05, 0.1) is 6.54 Å². The summed E-state index contributed by atoms with van der Waals surface area (Å²) >= 11 is 11.7. The van der Waals surface area contributed by atoms with Crippen LogP contribution in [0.2, 0.25) is 5.02 Å². The predicted octanol–water partition coefficient (Wildman–Crippen LogP) is 4.68. The van der Waals surface area contributed by atoms with Crippen molar-refractivity contribution in [2.24, 2.45) is 0 Å². The quantitative estimate of drug-likeness (QED) is 0.462. The number of aryl methyl sites for hydroxylation is 1. The number of nitrogens with zero attached hydrogens (tertiary/aromatic N) is 4. The summed E-state index contributed by atoms with van der Waals surface area (Å²) in [6.45, 7) is 3.96. The first-order chi connectivity index (χ1) is 14.6. The van der Waals surface area contributed by atoms with Crippen molar-refractivity contribution >= 4 is 29.7 Å². The molecule has 0 radical (unpaired) electrons. The number of amides is 1. The van der Waals surface area contributed by atoms with Crippen molar-refractivity contribution in [2.75, 3.05) is 6.54 Å². The fourth-order valence-corrected chi connectivity index (χ4v) is 3.54. The zero-order chi connectivity index (χ0) is 21.3. The van der Waals surface area contributed by atoms with Crippen LogP contribution in [0.25, 0.3) is 11.4 Å². The van der Waals surface area contributed by atoms with Gasteiger partial charge in [0.25, 0.3) is 0 Å². The van der Waals surface area contributed by atoms with E-state index in [-0.39, 0.29) is 5.91 Å². The molecular formula is C22H26ClN5OS. The van der Waals surface area contributed by atoms with Gasteiger partial charge in [-0.15, -0.1) is 0 Å². The molecular weight excluding hydrogens is 418 g/mol. The van der Waals surface area contributed by atoms with Crippen molar-refractivity contribution in [2.45, 2.75) is 45.7 Å². The van der Waals surface area contributed by atoms with E-state index in [0.29, 0.717) is 29.3 Å². The van der Waals surface area contributed by atoms with E-state index in [9.17, 15) is 4.79 Å². The van der Waals surface area contributed by atoms with Crippen molar-refractivity contribution in [1.29, 1.82) is 0 Å². The van der Waals surface area contributed by atoms with Gasteiger partial charge in [-0.25, -0.2) is 4.68 Å². The Morgan fingerprint density at radius 1 is 1.20 bits per heavy atom. The van der Waals surface area contributed by atoms with Gasteiger partial charge in [-0.2, -0.15) is 5.10 Å². The molecule has 3 aromatic rings. The van der Waals surface area contributed by atoms with Crippen LogP contribution >= 0.6 is 23.8 Å². The highest BCUT2D eigenvalue weighted by molar-refractivity contribution is 7.71. The lowest BCUT2D eigenvalue weighted by Gasteiger charge is -2.06. The van der Waals surface area contributed by atoms with Crippen LogP contribution in [0.4, 0.5) is 0 Å². The number of pyridine rings is 1. The van der Waals surface area contributed by atoms with Gasteiger partial charge in [-0.3, -0.25) is 14.3 Å². The van der Waals surface area contributed by atoms with Gasteiger partial charge < -0.3 is 5.32 Å². The first kappa shape index (κ1) is 22.2. The molecule has 6 nitrogen and oxygen atoms in total. The topological polar surface area (TPSA) is 64.7 Å². The van der Waals surface area contributed by atoms with E-state index in [1.807, 2.05) is 47.2 Å². The number of carbonyl (C=O) groups excluding carboxylic acids is 1. The van der Waals surface area contributed by atoms with Crippen LogP contribution in [0.1, 0.15) is 31.7 Å². The lowest BCUT2D eigenvalue weighted by molar-refractivity contribution is -0.121. The number of hydrogen-bond donors (Lipinski definition) is 1. The molecule has 0 bridgehead atoms. The smallest absolute Gasteiger partial charge is 0.221 e. The van der Waals surface area contributed by atoms with E-state index < -0.39 is 0 Å². The van der Waals surface area contributed by atoms with E-state index >= 15 is 0 Å². The van der Waals surface area contributed by atoms with Gasteiger partial charge in [0.15, 0.2) is 10.6 Å². The Morgan fingerprint density at radius 2 is 2.00 bits per heavy atom. The second-order valence-electron chi connectivity index (χ2n) is 7.05. The van der Waals surface area contributed by atoms with Gasteiger partial charge in [0, 0.05) is 42.5 Å². The van der Waals surface area contributed by atoms with Crippen LogP contribution in [0, 0.1) is 4.77 Å². The molecule has 0 aliphatic carbocycles. The summed E-state index contributed by atoms with van der Waals surface area (Å²) in [6.07, 6.45) is 6.70. The molecule has 0 saturated carbocycles. The molecule has 0 spiro atoms. The standard InChI is InChI=1S/C22H26ClN5OS/c1-2-3-14-27-21(18-6-8-19(23)9-7-18)26-28(22(27)30)15-11-20(29)25-13-10-17-5-4-12-24-16-17/h4-9,12,16H,2-3,10-11,13-15H2,1H3,(H,25,29). The van der Waals surface area contributed by atoms with Crippen LogP contribution in [0.3, 0.4) is 0 Å². The summed E-state index contributed by atoms with van der Waals surface area (Å²) < 4.78 is 4.43. The Hall–Kier alpha value is -2.51. The van der Waals surface area contributed by atoms with Crippen molar-refractivity contribution in [3.8, 4) is 11.4 Å². The highest BCUT2D eigenvalue weighted by Crippen LogP contribution is 2.21. The van der Waals surface area contributed by atoms with E-state index in [0.717, 1.165) is 42.8 Å². The fraction of sp³-hybridized carbons (Fsp3) is 0.364. The zero-order valence-electron chi connectivity index (χ0n) is 17.1. The number of hydrogen-bond acceptors (Lipinski definition) is 4. The van der Waals surface area contributed by atoms with E-state index in [2.05, 4.69) is 17.2 Å². The summed E-state index contributed by atoms with van der Waals surface area (Å²) in [5.41, 5.74) is 2.06. The molecule has 0 atom stereocenters. The van der Waals surface area contributed by atoms with Gasteiger partial charge in [-0.1, -0.05) is 31.0 Å². The molecule has 30 heavy (non-hydrogen) atoms. The number of halogens is 1. The van der Waals surface area contributed by atoms with Crippen molar-refractivity contribution in [3.05, 3.63) is 64.1 Å². The third kappa shape index (κ3) is 6.00. The molecule has 0 aliphatic heterocycles. The SMILES string of the molecule is CCCCn1c(-c2ccc(Cl)cc2)nn(CCC(=O)NCCc2cccnc2)c1=S. The predicted molar refractivity (Wildman–Crippen MR) is 122 cm³/mol. The third-order valence-corrected chi connectivity index (χ3v) is 5.45. The molecule has 0 fully saturated rings. The molecule has 8 heteroatoms. The van der Waals surface area contributed by atoms with E-state index in [1.165, 1.54) is 0 Å². The van der Waals surface area contributed by atoms with E-state index in [1.54, 1.807) is 10.9 Å². The molecule has 1 amide bonds. The van der Waals surface area contributed by atoms with Gasteiger partial charge in [0.2, 0.25) is 5.91 Å². The van der Waals surface area contributed by atoms with Gasteiger partial charge in [-0.05, 0) is 61.0 Å². The normalized spacial score (nSPS) is 10.9. The van der Waals surface area contributed by atoms with Gasteiger partial charge in [0.1, 0.15) is 0 Å². The highest BCUT2D eigenvalue weighted by Gasteiger charge is 2.13. The number of nitrogens with one attached hydrogen (secondary N) is 1. The average Bonchev–Trinajstić information content (AvgIpc) is 3.07. The van der Waals surface area contributed by atoms with E-state index in [4.69, 9.17) is 28.9 Å². The summed E-state index contributed by atoms with van der Waals surface area (Å²) in [6, 6.07) is 11.5. The number of unbranched alkanes of at least 4 members (excludes halogenated alkanes) is 1. The van der Waals surface area contributed by atoms with Crippen molar-refractivity contribution < 1.29 is 4.79 Å². The summed E-state index contributed by atoms with van der Waals surface area (Å²) in [5.74, 6) is 0.791. The summed E-state index contributed by atoms with van der Waals surface area (Å²) in [5, 5.41) is 8.34. The van der Waals surface area contributed by atoms with Crippen molar-refractivity contribution in [3.63, 3.8) is 0 Å². The third-order valence-electron chi connectivity index (χ3n) is 4.77. The molecule has 0 saturated heterocycles. The summed E-state index contributed by atoms with van der Waals surface area (Å²) in [7, 11) is 0. The molecule has 1 aromatic carbocycles. The first-order valence-corrected chi connectivity index (χ1v) is 11.0. The lowest BCUT2D eigenvalue weighted by Crippen LogP contribution is -2.26. The number of benzene rings is 1. The number of rotatable bonds is 10. The fourth-order valence-electron chi connectivity index (χ4n) is 3.11. The number of aromatic nitrogens is 4. The zero-order valence-corrected chi connectivity index (χ0v) is 18.6. The van der Waals surface area contributed by atoms with Crippen LogP contribution in [-0.4, -0.2) is 31.8 Å². The summed E-state index contributed by atoms with van der Waals surface area (Å²) in [4.78, 5) is 16.3. The van der Waals surface area contributed by atoms with Crippen molar-refractivity contribution in [1.82, 2.24) is 24.6 Å². The maximum Gasteiger partial charge on any atom is 0.221 e. The van der Waals surface area contributed by atoms with Crippen LogP contribution < -0.4 is 5.32 Å². The first-order valence-electron chi connectivity index (χ1n) is 10.2. The molecule has 2 aromatic heterocycles. The second kappa shape index (κ2) is 11.0. The largest absolute Gasteiger partial charge is 0.356 e.